The average Bonchev–Trinajstić information content (AvgIpc) is 2.61. The van der Waals surface area contributed by atoms with Gasteiger partial charge in [0.25, 0.3) is 0 Å². The number of nitrogens with zero attached hydrogens (tertiary/aromatic N) is 3. The molecule has 136 valence electrons. The van der Waals surface area contributed by atoms with Crippen molar-refractivity contribution in [2.45, 2.75) is 49.0 Å². The SMILES string of the molecule is N#Cc1ccc(C2CCN(C34CC(c5ccncc5)(C3)C4)C(=O)C2)cc1F. The molecule has 3 aliphatic carbocycles. The van der Waals surface area contributed by atoms with E-state index in [9.17, 15) is 9.18 Å². The third-order valence-electron chi connectivity index (χ3n) is 6.88. The van der Waals surface area contributed by atoms with E-state index in [4.69, 9.17) is 5.26 Å². The Bertz CT molecular complexity index is 945. The van der Waals surface area contributed by atoms with Crippen LogP contribution in [0, 0.1) is 17.1 Å². The smallest absolute Gasteiger partial charge is 0.223 e. The highest BCUT2D eigenvalue weighted by Gasteiger charge is 2.71. The van der Waals surface area contributed by atoms with Crippen LogP contribution >= 0.6 is 0 Å². The molecule has 0 spiro atoms. The minimum Gasteiger partial charge on any atom is -0.337 e. The topological polar surface area (TPSA) is 57.0 Å². The predicted octanol–water partition coefficient (Wildman–Crippen LogP) is 3.67. The van der Waals surface area contributed by atoms with Gasteiger partial charge in [-0.05, 0) is 67.0 Å². The fraction of sp³-hybridized carbons (Fsp3) is 0.409. The number of rotatable bonds is 3. The molecule has 1 unspecified atom stereocenters. The number of carbonyl (C=O) groups is 1. The summed E-state index contributed by atoms with van der Waals surface area (Å²) in [6.45, 7) is 0.734. The van der Waals surface area contributed by atoms with E-state index >= 15 is 0 Å². The molecule has 0 radical (unpaired) electrons. The molecule has 2 bridgehead atoms. The van der Waals surface area contributed by atoms with Crippen LogP contribution in [0.25, 0.3) is 0 Å². The lowest BCUT2D eigenvalue weighted by molar-refractivity contribution is -0.189. The van der Waals surface area contributed by atoms with E-state index in [1.54, 1.807) is 6.07 Å². The summed E-state index contributed by atoms with van der Waals surface area (Å²) in [4.78, 5) is 19.0. The molecule has 4 aliphatic rings. The summed E-state index contributed by atoms with van der Waals surface area (Å²) < 4.78 is 13.9. The molecule has 4 nitrogen and oxygen atoms in total. The second-order valence-electron chi connectivity index (χ2n) is 8.36. The Hall–Kier alpha value is -2.74. The van der Waals surface area contributed by atoms with Crippen LogP contribution in [0.4, 0.5) is 4.39 Å². The highest BCUT2D eigenvalue weighted by atomic mass is 19.1. The summed E-state index contributed by atoms with van der Waals surface area (Å²) in [6.07, 6.45) is 8.10. The Morgan fingerprint density at radius 2 is 1.93 bits per heavy atom. The summed E-state index contributed by atoms with van der Waals surface area (Å²) in [7, 11) is 0. The molecular weight excluding hydrogens is 341 g/mol. The van der Waals surface area contributed by atoms with Gasteiger partial charge in [0, 0.05) is 36.3 Å². The second kappa shape index (κ2) is 5.63. The van der Waals surface area contributed by atoms with Gasteiger partial charge in [-0.1, -0.05) is 6.07 Å². The number of benzene rings is 1. The number of aromatic nitrogens is 1. The first-order valence-electron chi connectivity index (χ1n) is 9.46. The Balaban J connectivity index is 1.27. The average molecular weight is 361 g/mol. The minimum atomic E-state index is -0.497. The van der Waals surface area contributed by atoms with E-state index in [0.717, 1.165) is 37.8 Å². The van der Waals surface area contributed by atoms with Crippen LogP contribution in [0.2, 0.25) is 0 Å². The van der Waals surface area contributed by atoms with E-state index in [1.165, 1.54) is 17.7 Å². The molecule has 27 heavy (non-hydrogen) atoms. The normalized spacial score (nSPS) is 31.6. The molecule has 1 aromatic heterocycles. The molecular formula is C22H20FN3O. The van der Waals surface area contributed by atoms with Crippen molar-refractivity contribution in [2.24, 2.45) is 0 Å². The van der Waals surface area contributed by atoms with Gasteiger partial charge in [-0.25, -0.2) is 4.39 Å². The van der Waals surface area contributed by atoms with Crippen molar-refractivity contribution < 1.29 is 9.18 Å². The molecule has 5 heteroatoms. The Morgan fingerprint density at radius 1 is 1.19 bits per heavy atom. The van der Waals surface area contributed by atoms with Gasteiger partial charge in [0.2, 0.25) is 5.91 Å². The van der Waals surface area contributed by atoms with Gasteiger partial charge in [-0.15, -0.1) is 0 Å². The van der Waals surface area contributed by atoms with E-state index in [1.807, 2.05) is 18.5 Å². The van der Waals surface area contributed by atoms with Crippen LogP contribution in [0.5, 0.6) is 0 Å². The summed E-state index contributed by atoms with van der Waals surface area (Å²) in [5, 5.41) is 8.87. The third kappa shape index (κ3) is 2.32. The van der Waals surface area contributed by atoms with Crippen molar-refractivity contribution in [3.63, 3.8) is 0 Å². The van der Waals surface area contributed by atoms with Crippen molar-refractivity contribution in [1.82, 2.24) is 9.88 Å². The summed E-state index contributed by atoms with van der Waals surface area (Å²) in [6, 6.07) is 10.8. The van der Waals surface area contributed by atoms with E-state index in [2.05, 4.69) is 22.0 Å². The van der Waals surface area contributed by atoms with Crippen LogP contribution in [0.1, 0.15) is 54.7 Å². The van der Waals surface area contributed by atoms with E-state index in [0.29, 0.717) is 6.42 Å². The van der Waals surface area contributed by atoms with E-state index < -0.39 is 5.82 Å². The van der Waals surface area contributed by atoms with E-state index in [-0.39, 0.29) is 28.3 Å². The molecule has 1 aliphatic heterocycles. The van der Waals surface area contributed by atoms with Crippen molar-refractivity contribution in [2.75, 3.05) is 6.54 Å². The number of carbonyl (C=O) groups excluding carboxylic acids is 1. The maximum absolute atomic E-state index is 13.9. The molecule has 4 fully saturated rings. The Kier molecular flexibility index (Phi) is 3.42. The number of hydrogen-bond acceptors (Lipinski definition) is 3. The zero-order valence-corrected chi connectivity index (χ0v) is 15.0. The first kappa shape index (κ1) is 16.4. The van der Waals surface area contributed by atoms with Crippen LogP contribution in [-0.4, -0.2) is 27.9 Å². The van der Waals surface area contributed by atoms with Gasteiger partial charge < -0.3 is 4.90 Å². The number of nitriles is 1. The largest absolute Gasteiger partial charge is 0.337 e. The third-order valence-corrected chi connectivity index (χ3v) is 6.88. The van der Waals surface area contributed by atoms with Crippen LogP contribution in [-0.2, 0) is 10.2 Å². The number of piperidine rings is 1. The monoisotopic (exact) mass is 361 g/mol. The minimum absolute atomic E-state index is 0.0394. The lowest BCUT2D eigenvalue weighted by atomic mass is 9.37. The fourth-order valence-electron chi connectivity index (χ4n) is 5.53. The predicted molar refractivity (Wildman–Crippen MR) is 97.3 cm³/mol. The second-order valence-corrected chi connectivity index (χ2v) is 8.36. The highest BCUT2D eigenvalue weighted by molar-refractivity contribution is 5.80. The molecule has 0 N–H and O–H groups in total. The van der Waals surface area contributed by atoms with Gasteiger partial charge in [0.1, 0.15) is 11.9 Å². The summed E-state index contributed by atoms with van der Waals surface area (Å²) in [5.41, 5.74) is 2.51. The molecule has 1 saturated heterocycles. The van der Waals surface area contributed by atoms with Crippen molar-refractivity contribution in [1.29, 1.82) is 5.26 Å². The maximum atomic E-state index is 13.9. The zero-order chi connectivity index (χ0) is 18.6. The molecule has 1 amide bonds. The number of likely N-dealkylation sites (tertiary alicyclic amines) is 1. The lowest BCUT2D eigenvalue weighted by Crippen LogP contribution is -2.78. The molecule has 6 rings (SSSR count). The molecule has 3 saturated carbocycles. The lowest BCUT2D eigenvalue weighted by Gasteiger charge is -2.74. The molecule has 1 atom stereocenters. The maximum Gasteiger partial charge on any atom is 0.223 e. The fourth-order valence-corrected chi connectivity index (χ4v) is 5.53. The Labute approximate surface area is 157 Å². The van der Waals surface area contributed by atoms with Gasteiger partial charge in [-0.3, -0.25) is 9.78 Å². The number of halogens is 1. The number of pyridine rings is 1. The van der Waals surface area contributed by atoms with Gasteiger partial charge in [0.05, 0.1) is 5.56 Å². The van der Waals surface area contributed by atoms with Crippen LogP contribution in [0.15, 0.2) is 42.7 Å². The van der Waals surface area contributed by atoms with Gasteiger partial charge in [0.15, 0.2) is 0 Å². The Morgan fingerprint density at radius 3 is 2.56 bits per heavy atom. The van der Waals surface area contributed by atoms with Gasteiger partial charge in [-0.2, -0.15) is 5.26 Å². The molecule has 1 aromatic carbocycles. The first-order chi connectivity index (χ1) is 13.1. The summed E-state index contributed by atoms with van der Waals surface area (Å²) >= 11 is 0. The van der Waals surface area contributed by atoms with Crippen LogP contribution in [0.3, 0.4) is 0 Å². The number of amides is 1. The van der Waals surface area contributed by atoms with Crippen molar-refractivity contribution in [3.05, 3.63) is 65.2 Å². The zero-order valence-electron chi connectivity index (χ0n) is 15.0. The standard InChI is InChI=1S/C22H20FN3O/c23-19-9-15(1-2-17(19)11-24)16-5-8-26(20(27)10-16)22-12-21(13-22,14-22)18-3-6-25-7-4-18/h1-4,6-7,9,16H,5,8,10,12-14H2. The summed E-state index contributed by atoms with van der Waals surface area (Å²) in [5.74, 6) is -0.278. The highest BCUT2D eigenvalue weighted by Crippen LogP contribution is 2.70. The van der Waals surface area contributed by atoms with Crippen LogP contribution < -0.4 is 0 Å². The quantitative estimate of drug-likeness (QED) is 0.838. The molecule has 2 heterocycles. The van der Waals surface area contributed by atoms with Crippen molar-refractivity contribution in [3.8, 4) is 6.07 Å². The molecule has 2 aromatic rings. The number of hydrogen-bond donors (Lipinski definition) is 0. The first-order valence-corrected chi connectivity index (χ1v) is 9.46. The van der Waals surface area contributed by atoms with Crippen molar-refractivity contribution >= 4 is 5.91 Å². The van der Waals surface area contributed by atoms with Gasteiger partial charge >= 0.3 is 0 Å².